The summed E-state index contributed by atoms with van der Waals surface area (Å²) >= 11 is 1.68. The quantitative estimate of drug-likeness (QED) is 0.144. The summed E-state index contributed by atoms with van der Waals surface area (Å²) in [6, 6.07) is 10.4. The third-order valence-electron chi connectivity index (χ3n) is 8.70. The van der Waals surface area contributed by atoms with Crippen LogP contribution in [0.2, 0.25) is 36.3 Å². The Kier molecular flexibility index (Phi) is 8.86. The molecule has 3 heterocycles. The van der Waals surface area contributed by atoms with Crippen molar-refractivity contribution in [3.8, 4) is 0 Å². The predicted octanol–water partition coefficient (Wildman–Crippen LogP) is 7.82. The van der Waals surface area contributed by atoms with Crippen molar-refractivity contribution < 1.29 is 13.6 Å². The van der Waals surface area contributed by atoms with Crippen molar-refractivity contribution >= 4 is 39.6 Å². The van der Waals surface area contributed by atoms with Gasteiger partial charge >= 0.3 is 0 Å². The fourth-order valence-electron chi connectivity index (χ4n) is 4.08. The summed E-state index contributed by atoms with van der Waals surface area (Å²) in [6.07, 6.45) is 3.79. The topological polar surface area (TPSA) is 71.3 Å². The molecule has 214 valence electrons. The molecule has 2 aromatic heterocycles. The Balaban J connectivity index is 1.57. The number of ether oxygens (including phenoxy) is 1. The standard InChI is InChI=1S/C29H46N4O3SSi2/c1-28(2,3)38(7,8)34-17-23-22(36-39(9,10)29(4,5)6)16-24(35-23)33-20-32-25-26(33)30-19-31-27(25)37-18-21-14-12-11-13-15-21/h11-15,19-20,22-24H,16-18H2,1-10H3/t22-,23+,24+/m0/s1. The highest BCUT2D eigenvalue weighted by molar-refractivity contribution is 7.98. The molecule has 3 aromatic rings. The minimum atomic E-state index is -2.02. The molecule has 39 heavy (non-hydrogen) atoms. The van der Waals surface area contributed by atoms with Crippen molar-refractivity contribution in [1.82, 2.24) is 19.5 Å². The van der Waals surface area contributed by atoms with Crippen LogP contribution in [-0.2, 0) is 19.3 Å². The highest BCUT2D eigenvalue weighted by Gasteiger charge is 2.46. The number of aromatic nitrogens is 4. The zero-order chi connectivity index (χ0) is 28.6. The first-order valence-corrected chi connectivity index (χ1v) is 20.7. The van der Waals surface area contributed by atoms with Crippen molar-refractivity contribution in [2.45, 2.75) is 113 Å². The second-order valence-electron chi connectivity index (χ2n) is 13.6. The van der Waals surface area contributed by atoms with E-state index in [9.17, 15) is 0 Å². The van der Waals surface area contributed by atoms with Crippen LogP contribution in [0.1, 0.15) is 59.8 Å². The van der Waals surface area contributed by atoms with Crippen LogP contribution < -0.4 is 0 Å². The summed E-state index contributed by atoms with van der Waals surface area (Å²) < 4.78 is 22.4. The van der Waals surface area contributed by atoms with Gasteiger partial charge in [0, 0.05) is 12.2 Å². The summed E-state index contributed by atoms with van der Waals surface area (Å²) in [6.45, 7) is 23.4. The maximum absolute atomic E-state index is 6.96. The summed E-state index contributed by atoms with van der Waals surface area (Å²) in [4.78, 5) is 13.9. The molecular formula is C29H46N4O3SSi2. The van der Waals surface area contributed by atoms with Crippen LogP contribution in [0.5, 0.6) is 0 Å². The lowest BCUT2D eigenvalue weighted by molar-refractivity contribution is -0.0383. The van der Waals surface area contributed by atoms with E-state index in [1.54, 1.807) is 18.1 Å². The summed E-state index contributed by atoms with van der Waals surface area (Å²) in [5.74, 6) is 0.828. The van der Waals surface area contributed by atoms with Gasteiger partial charge in [0.15, 0.2) is 22.3 Å². The van der Waals surface area contributed by atoms with Gasteiger partial charge in [0.1, 0.15) is 29.2 Å². The van der Waals surface area contributed by atoms with E-state index >= 15 is 0 Å². The highest BCUT2D eigenvalue weighted by Crippen LogP contribution is 2.43. The number of imidazole rings is 1. The normalized spacial score (nSPS) is 21.1. The number of thioether (sulfide) groups is 1. The Morgan fingerprint density at radius 3 is 2.26 bits per heavy atom. The average molecular weight is 587 g/mol. The van der Waals surface area contributed by atoms with E-state index in [4.69, 9.17) is 18.6 Å². The molecule has 0 saturated carbocycles. The van der Waals surface area contributed by atoms with Gasteiger partial charge in [-0.05, 0) is 41.8 Å². The van der Waals surface area contributed by atoms with E-state index < -0.39 is 16.6 Å². The van der Waals surface area contributed by atoms with Gasteiger partial charge in [-0.2, -0.15) is 0 Å². The maximum Gasteiger partial charge on any atom is 0.192 e. The lowest BCUT2D eigenvalue weighted by Gasteiger charge is -2.40. The number of hydrogen-bond acceptors (Lipinski definition) is 7. The van der Waals surface area contributed by atoms with Gasteiger partial charge in [0.2, 0.25) is 0 Å². The van der Waals surface area contributed by atoms with E-state index in [1.165, 1.54) is 5.56 Å². The van der Waals surface area contributed by atoms with Gasteiger partial charge in [-0.3, -0.25) is 4.57 Å². The van der Waals surface area contributed by atoms with E-state index in [-0.39, 0.29) is 28.5 Å². The largest absolute Gasteiger partial charge is 0.414 e. The summed E-state index contributed by atoms with van der Waals surface area (Å²) in [7, 11) is -3.96. The molecule has 7 nitrogen and oxygen atoms in total. The third-order valence-corrected chi connectivity index (χ3v) is 18.8. The SMILES string of the molecule is CC(C)(C)[Si](C)(C)OC[C@H]1O[C@@H](n2cnc3c(SCc4ccccc4)ncnc32)C[C@@H]1O[Si](C)(C)C(C)(C)C. The second kappa shape index (κ2) is 11.4. The molecule has 4 rings (SSSR count). The first-order chi connectivity index (χ1) is 18.1. The van der Waals surface area contributed by atoms with Crippen molar-refractivity contribution in [2.24, 2.45) is 0 Å². The maximum atomic E-state index is 6.96. The molecule has 0 radical (unpaired) electrons. The Bertz CT molecular complexity index is 1250. The Labute approximate surface area is 240 Å². The van der Waals surface area contributed by atoms with Gasteiger partial charge in [-0.15, -0.1) is 0 Å². The Morgan fingerprint density at radius 2 is 1.62 bits per heavy atom. The minimum absolute atomic E-state index is 0.0492. The average Bonchev–Trinajstić information content (AvgIpc) is 3.44. The predicted molar refractivity (Wildman–Crippen MR) is 165 cm³/mol. The molecule has 3 atom stereocenters. The number of benzene rings is 1. The third kappa shape index (κ3) is 6.85. The smallest absolute Gasteiger partial charge is 0.192 e. The van der Waals surface area contributed by atoms with Crippen molar-refractivity contribution in [2.75, 3.05) is 6.61 Å². The number of nitrogens with zero attached hydrogens (tertiary/aromatic N) is 4. The Hall–Kier alpha value is -1.57. The molecule has 0 bridgehead atoms. The molecule has 0 unspecified atom stereocenters. The van der Waals surface area contributed by atoms with Gasteiger partial charge in [0.25, 0.3) is 0 Å². The molecule has 1 saturated heterocycles. The number of hydrogen-bond donors (Lipinski definition) is 0. The van der Waals surface area contributed by atoms with Crippen molar-refractivity contribution in [3.63, 3.8) is 0 Å². The molecule has 0 amide bonds. The van der Waals surface area contributed by atoms with Crippen molar-refractivity contribution in [3.05, 3.63) is 48.5 Å². The highest BCUT2D eigenvalue weighted by atomic mass is 32.2. The number of fused-ring (bicyclic) bond motifs is 1. The molecule has 10 heteroatoms. The van der Waals surface area contributed by atoms with Gasteiger partial charge in [0.05, 0.1) is 19.0 Å². The molecule has 1 fully saturated rings. The van der Waals surface area contributed by atoms with Crippen LogP contribution in [0.4, 0.5) is 0 Å². The van der Waals surface area contributed by atoms with Crippen molar-refractivity contribution in [1.29, 1.82) is 0 Å². The lowest BCUT2D eigenvalue weighted by Crippen LogP contribution is -2.48. The monoisotopic (exact) mass is 586 g/mol. The van der Waals surface area contributed by atoms with Crippen LogP contribution >= 0.6 is 11.8 Å². The van der Waals surface area contributed by atoms with E-state index in [0.717, 1.165) is 28.4 Å². The van der Waals surface area contributed by atoms with Crippen LogP contribution in [0, 0.1) is 0 Å². The van der Waals surface area contributed by atoms with E-state index in [1.807, 2.05) is 12.4 Å². The molecule has 0 N–H and O–H groups in total. The minimum Gasteiger partial charge on any atom is -0.414 e. The lowest BCUT2D eigenvalue weighted by atomic mass is 10.2. The van der Waals surface area contributed by atoms with E-state index in [0.29, 0.717) is 6.61 Å². The van der Waals surface area contributed by atoms with Crippen LogP contribution in [0.15, 0.2) is 48.0 Å². The molecule has 0 spiro atoms. The van der Waals surface area contributed by atoms with Gasteiger partial charge < -0.3 is 13.6 Å². The Morgan fingerprint density at radius 1 is 0.949 bits per heavy atom. The van der Waals surface area contributed by atoms with Crippen LogP contribution in [0.25, 0.3) is 11.2 Å². The summed E-state index contributed by atoms with van der Waals surface area (Å²) in [5, 5.41) is 1.12. The van der Waals surface area contributed by atoms with Crippen LogP contribution in [-0.4, -0.2) is 55.0 Å². The summed E-state index contributed by atoms with van der Waals surface area (Å²) in [5.41, 5.74) is 2.86. The number of rotatable bonds is 9. The van der Waals surface area contributed by atoms with E-state index in [2.05, 4.69) is 107 Å². The first kappa shape index (κ1) is 30.4. The molecule has 1 aliphatic rings. The fraction of sp³-hybridized carbons (Fsp3) is 0.621. The fourth-order valence-corrected chi connectivity index (χ4v) is 7.35. The first-order valence-electron chi connectivity index (χ1n) is 13.9. The molecule has 1 aliphatic heterocycles. The van der Waals surface area contributed by atoms with Gasteiger partial charge in [-0.25, -0.2) is 15.0 Å². The zero-order valence-corrected chi connectivity index (χ0v) is 28.1. The zero-order valence-electron chi connectivity index (χ0n) is 25.3. The molecular weight excluding hydrogens is 541 g/mol. The molecule has 1 aromatic carbocycles. The van der Waals surface area contributed by atoms with Crippen LogP contribution in [0.3, 0.4) is 0 Å². The van der Waals surface area contributed by atoms with Gasteiger partial charge in [-0.1, -0.05) is 83.6 Å². The second-order valence-corrected chi connectivity index (χ2v) is 24.2. The molecule has 0 aliphatic carbocycles.